The molecule has 0 aromatic carbocycles. The van der Waals surface area contributed by atoms with Gasteiger partial charge in [0, 0.05) is 17.4 Å². The summed E-state index contributed by atoms with van der Waals surface area (Å²) < 4.78 is 47.5. The van der Waals surface area contributed by atoms with Gasteiger partial charge in [-0.3, -0.25) is 9.59 Å². The molecule has 1 aliphatic heterocycles. The zero-order valence-electron chi connectivity index (χ0n) is 18.1. The van der Waals surface area contributed by atoms with Gasteiger partial charge in [-0.15, -0.1) is 11.3 Å². The lowest BCUT2D eigenvalue weighted by Crippen LogP contribution is -2.35. The van der Waals surface area contributed by atoms with Crippen LogP contribution in [0.4, 0.5) is 24.0 Å². The molecule has 3 atom stereocenters. The molecule has 0 spiro atoms. The molecule has 1 aliphatic carbocycles. The highest BCUT2D eigenvalue weighted by molar-refractivity contribution is 7.17. The zero-order valence-corrected chi connectivity index (χ0v) is 18.9. The number of rotatable bonds is 4. The molecule has 2 amide bonds. The molecule has 12 heteroatoms. The molecule has 8 nitrogen and oxygen atoms in total. The van der Waals surface area contributed by atoms with Crippen molar-refractivity contribution >= 4 is 34.0 Å². The maximum atomic E-state index is 13.8. The van der Waals surface area contributed by atoms with Crippen LogP contribution in [0.2, 0.25) is 0 Å². The number of carbonyl (C=O) groups is 2. The van der Waals surface area contributed by atoms with Crippen LogP contribution in [0.15, 0.2) is 28.9 Å². The van der Waals surface area contributed by atoms with Crippen molar-refractivity contribution in [2.24, 2.45) is 11.7 Å². The van der Waals surface area contributed by atoms with Crippen molar-refractivity contribution < 1.29 is 27.2 Å². The van der Waals surface area contributed by atoms with Crippen molar-refractivity contribution in [1.82, 2.24) is 9.78 Å². The van der Waals surface area contributed by atoms with E-state index in [4.69, 9.17) is 10.2 Å². The second-order valence-corrected chi connectivity index (χ2v) is 9.84. The summed E-state index contributed by atoms with van der Waals surface area (Å²) in [5, 5.41) is 9.89. The highest BCUT2D eigenvalue weighted by atomic mass is 32.1. The summed E-state index contributed by atoms with van der Waals surface area (Å²) in [5.74, 6) is -0.505. The maximum Gasteiger partial charge on any atom is 0.410 e. The second kappa shape index (κ2) is 8.19. The number of alkyl halides is 3. The van der Waals surface area contributed by atoms with E-state index in [0.717, 1.165) is 28.0 Å². The number of hydrogen-bond donors (Lipinski definition) is 3. The van der Waals surface area contributed by atoms with E-state index in [9.17, 15) is 22.8 Å². The fraction of sp³-hybridized carbons (Fsp3) is 0.409. The highest BCUT2D eigenvalue weighted by Crippen LogP contribution is 2.44. The second-order valence-electron chi connectivity index (χ2n) is 8.74. The Morgan fingerprint density at radius 1 is 1.38 bits per heavy atom. The van der Waals surface area contributed by atoms with Gasteiger partial charge in [-0.1, -0.05) is 6.92 Å². The summed E-state index contributed by atoms with van der Waals surface area (Å²) in [6.07, 6.45) is -1.15. The number of aromatic nitrogens is 2. The number of furan rings is 1. The van der Waals surface area contributed by atoms with Crippen molar-refractivity contribution in [3.63, 3.8) is 0 Å². The molecule has 3 aromatic heterocycles. The molecule has 0 fully saturated rings. The Bertz CT molecular complexity index is 1250. The van der Waals surface area contributed by atoms with Crippen LogP contribution in [0.25, 0.3) is 0 Å². The summed E-state index contributed by atoms with van der Waals surface area (Å²) in [6, 6.07) is 1.80. The molecule has 2 aliphatic rings. The molecule has 180 valence electrons. The van der Waals surface area contributed by atoms with E-state index >= 15 is 0 Å². The quantitative estimate of drug-likeness (QED) is 0.488. The Morgan fingerprint density at radius 2 is 2.18 bits per heavy atom. The summed E-state index contributed by atoms with van der Waals surface area (Å²) in [4.78, 5) is 26.1. The minimum Gasteiger partial charge on any atom is -0.467 e. The molecule has 3 aromatic rings. The van der Waals surface area contributed by atoms with Crippen molar-refractivity contribution in [2.75, 3.05) is 10.6 Å². The number of nitrogens with one attached hydrogen (secondary N) is 2. The molecule has 34 heavy (non-hydrogen) atoms. The van der Waals surface area contributed by atoms with E-state index in [1.165, 1.54) is 23.7 Å². The van der Waals surface area contributed by atoms with Crippen LogP contribution in [-0.2, 0) is 12.8 Å². The van der Waals surface area contributed by atoms with E-state index in [1.807, 2.05) is 0 Å². The Morgan fingerprint density at radius 3 is 2.85 bits per heavy atom. The first kappa shape index (κ1) is 22.5. The van der Waals surface area contributed by atoms with Crippen LogP contribution < -0.4 is 16.4 Å². The van der Waals surface area contributed by atoms with Gasteiger partial charge in [-0.2, -0.15) is 18.3 Å². The molecule has 0 bridgehead atoms. The Kier molecular flexibility index (Phi) is 5.42. The Balaban J connectivity index is 1.45. The molecule has 0 unspecified atom stereocenters. The molecule has 5 rings (SSSR count). The molecule has 4 N–H and O–H groups in total. The zero-order chi connectivity index (χ0) is 24.2. The first-order chi connectivity index (χ1) is 16.1. The minimum atomic E-state index is -4.58. The van der Waals surface area contributed by atoms with Gasteiger partial charge in [0.2, 0.25) is 0 Å². The fourth-order valence-electron chi connectivity index (χ4n) is 4.63. The van der Waals surface area contributed by atoms with Crippen LogP contribution in [0, 0.1) is 5.92 Å². The summed E-state index contributed by atoms with van der Waals surface area (Å²) in [5.41, 5.74) is 6.50. The molecular formula is C22H22F3N5O3S. The van der Waals surface area contributed by atoms with Crippen molar-refractivity contribution in [3.8, 4) is 0 Å². The number of nitrogens with zero attached hydrogens (tertiary/aromatic N) is 2. The van der Waals surface area contributed by atoms with E-state index in [1.54, 1.807) is 12.1 Å². The van der Waals surface area contributed by atoms with E-state index in [0.29, 0.717) is 23.1 Å². The average Bonchev–Trinajstić information content (AvgIpc) is 3.49. The normalized spacial score (nSPS) is 21.9. The molecule has 0 radical (unpaired) electrons. The highest BCUT2D eigenvalue weighted by Gasteiger charge is 2.47. The predicted molar refractivity (Wildman–Crippen MR) is 119 cm³/mol. The van der Waals surface area contributed by atoms with Crippen molar-refractivity contribution in [2.45, 2.75) is 50.9 Å². The van der Waals surface area contributed by atoms with Gasteiger partial charge >= 0.3 is 6.18 Å². The number of amides is 2. The number of hydrogen-bond acceptors (Lipinski definition) is 6. The van der Waals surface area contributed by atoms with E-state index in [-0.39, 0.29) is 23.5 Å². The number of halogens is 3. The van der Waals surface area contributed by atoms with Gasteiger partial charge < -0.3 is 20.8 Å². The largest absolute Gasteiger partial charge is 0.467 e. The van der Waals surface area contributed by atoms with E-state index < -0.39 is 30.1 Å². The van der Waals surface area contributed by atoms with Gasteiger partial charge in [0.05, 0.1) is 17.9 Å². The topological polar surface area (TPSA) is 115 Å². The standard InChI is InChI=1S/C22H22F3N5O3S/c1-10-4-5-11-15(7-10)34-21(18(11)19(26)31)28-20(32)13-9-17-27-12(14-3-2-6-33-14)8-16(22(23,24)25)30(17)29-13/h2-3,6,9-10,12,16,27H,4-5,7-8H2,1H3,(H2,26,31)(H,28,32)/t10-,12-,16-/m1/s1. The lowest BCUT2D eigenvalue weighted by molar-refractivity contribution is -0.174. The van der Waals surface area contributed by atoms with Gasteiger partial charge in [-0.05, 0) is 42.9 Å². The Hall–Kier alpha value is -3.28. The number of thiophene rings is 1. The maximum absolute atomic E-state index is 13.8. The first-order valence-electron chi connectivity index (χ1n) is 10.8. The fourth-order valence-corrected chi connectivity index (χ4v) is 6.04. The molecule has 0 saturated carbocycles. The van der Waals surface area contributed by atoms with E-state index in [2.05, 4.69) is 22.7 Å². The smallest absolute Gasteiger partial charge is 0.410 e. The van der Waals surface area contributed by atoms with Crippen LogP contribution in [0.1, 0.15) is 68.9 Å². The summed E-state index contributed by atoms with van der Waals surface area (Å²) in [6.45, 7) is 2.11. The number of anilines is 2. The minimum absolute atomic E-state index is 0.0505. The average molecular weight is 494 g/mol. The van der Waals surface area contributed by atoms with Gasteiger partial charge in [-0.25, -0.2) is 4.68 Å². The van der Waals surface area contributed by atoms with Crippen LogP contribution >= 0.6 is 11.3 Å². The van der Waals surface area contributed by atoms with Gasteiger partial charge in [0.25, 0.3) is 11.8 Å². The van der Waals surface area contributed by atoms with Crippen LogP contribution in [-0.4, -0.2) is 27.8 Å². The number of carbonyl (C=O) groups excluding carboxylic acids is 2. The number of nitrogens with two attached hydrogens (primary N) is 1. The molecule has 4 heterocycles. The summed E-state index contributed by atoms with van der Waals surface area (Å²) in [7, 11) is 0. The monoisotopic (exact) mass is 493 g/mol. The lowest BCUT2D eigenvalue weighted by atomic mass is 9.88. The van der Waals surface area contributed by atoms with Crippen LogP contribution in [0.5, 0.6) is 0 Å². The third kappa shape index (κ3) is 3.95. The first-order valence-corrected chi connectivity index (χ1v) is 11.7. The number of fused-ring (bicyclic) bond motifs is 2. The Labute approximate surface area is 196 Å². The van der Waals surface area contributed by atoms with Crippen LogP contribution in [0.3, 0.4) is 0 Å². The predicted octanol–water partition coefficient (Wildman–Crippen LogP) is 4.67. The SMILES string of the molecule is C[C@@H]1CCc2c(sc(NC(=O)c3cc4n(n3)[C@@H](C(F)(F)F)C[C@H](c3ccco3)N4)c2C(N)=O)C1. The summed E-state index contributed by atoms with van der Waals surface area (Å²) >= 11 is 1.28. The van der Waals surface area contributed by atoms with Gasteiger partial charge in [0.15, 0.2) is 11.7 Å². The number of primary amides is 1. The molecule has 0 saturated heterocycles. The van der Waals surface area contributed by atoms with Crippen molar-refractivity contribution in [1.29, 1.82) is 0 Å². The lowest BCUT2D eigenvalue weighted by Gasteiger charge is -2.32. The molecular weight excluding hydrogens is 471 g/mol. The third-order valence-corrected chi connectivity index (χ3v) is 7.46. The van der Waals surface area contributed by atoms with Crippen molar-refractivity contribution in [3.05, 3.63) is 51.9 Å². The van der Waals surface area contributed by atoms with Gasteiger partial charge in [0.1, 0.15) is 16.6 Å². The third-order valence-electron chi connectivity index (χ3n) is 6.29.